The van der Waals surface area contributed by atoms with Crippen LogP contribution in [0.25, 0.3) is 0 Å². The van der Waals surface area contributed by atoms with Crippen LogP contribution in [0.2, 0.25) is 0 Å². The predicted molar refractivity (Wildman–Crippen MR) is 81.3 cm³/mol. The van der Waals surface area contributed by atoms with Gasteiger partial charge in [-0.2, -0.15) is 0 Å². The lowest BCUT2D eigenvalue weighted by Gasteiger charge is -2.56. The Bertz CT molecular complexity index is 317. The van der Waals surface area contributed by atoms with Crippen LogP contribution < -0.4 is 0 Å². The van der Waals surface area contributed by atoms with E-state index in [1.165, 1.54) is 12.8 Å². The number of fused-ring (bicyclic) bond motifs is 1. The maximum Gasteiger partial charge on any atom is 0.0593 e. The zero-order valence-corrected chi connectivity index (χ0v) is 13.2. The van der Waals surface area contributed by atoms with E-state index in [0.717, 1.165) is 51.1 Å². The van der Waals surface area contributed by atoms with E-state index in [0.29, 0.717) is 5.41 Å². The molecule has 0 aromatic heterocycles. The van der Waals surface area contributed by atoms with Crippen molar-refractivity contribution >= 4 is 0 Å². The van der Waals surface area contributed by atoms with Crippen LogP contribution in [0.1, 0.15) is 47.0 Å². The Labute approximate surface area is 119 Å². The molecule has 3 rings (SSSR count). The Morgan fingerprint density at radius 3 is 2.58 bits per heavy atom. The summed E-state index contributed by atoms with van der Waals surface area (Å²) in [4.78, 5) is 2.42. The number of ether oxygens (including phenoxy) is 1. The average Bonchev–Trinajstić information content (AvgIpc) is 2.43. The summed E-state index contributed by atoms with van der Waals surface area (Å²) in [6.07, 6.45) is 6.38. The van der Waals surface area contributed by atoms with Crippen LogP contribution in [0, 0.1) is 17.3 Å². The van der Waals surface area contributed by atoms with Gasteiger partial charge < -0.3 is 9.64 Å². The third-order valence-electron chi connectivity index (χ3n) is 5.56. The van der Waals surface area contributed by atoms with E-state index in [1.807, 2.05) is 0 Å². The molecular weight excluding hydrogens is 234 g/mol. The lowest BCUT2D eigenvalue weighted by molar-refractivity contribution is -0.0111. The molecule has 19 heavy (non-hydrogen) atoms. The van der Waals surface area contributed by atoms with Crippen molar-refractivity contribution in [2.45, 2.75) is 47.0 Å². The highest BCUT2D eigenvalue weighted by atomic mass is 16.5. The molecule has 2 heteroatoms. The van der Waals surface area contributed by atoms with Crippen molar-refractivity contribution < 1.29 is 4.74 Å². The lowest BCUT2D eigenvalue weighted by atomic mass is 9.48. The number of allylic oxidation sites excluding steroid dienone is 1. The molecule has 2 atom stereocenters. The van der Waals surface area contributed by atoms with Crippen molar-refractivity contribution in [3.63, 3.8) is 0 Å². The van der Waals surface area contributed by atoms with Gasteiger partial charge in [-0.1, -0.05) is 39.3 Å². The van der Waals surface area contributed by atoms with E-state index in [1.54, 1.807) is 5.57 Å². The normalized spacial score (nSPS) is 28.2. The number of nitrogens with zero attached hydrogens (tertiary/aromatic N) is 1. The zero-order valence-electron chi connectivity index (χ0n) is 13.2. The van der Waals surface area contributed by atoms with E-state index in [9.17, 15) is 0 Å². The first kappa shape index (κ1) is 15.1. The Morgan fingerprint density at radius 1 is 1.26 bits per heavy atom. The molecule has 0 heterocycles. The van der Waals surface area contributed by atoms with Crippen LogP contribution in [-0.4, -0.2) is 37.7 Å². The predicted octanol–water partition coefficient (Wildman–Crippen LogP) is 3.73. The fourth-order valence-electron chi connectivity index (χ4n) is 3.78. The minimum atomic E-state index is 0.561. The SMILES string of the molecule is CCN(CC)CCOCCC1=CCC2CC1C2(C)C. The molecule has 110 valence electrons. The van der Waals surface area contributed by atoms with Gasteiger partial charge in [0.2, 0.25) is 0 Å². The highest BCUT2D eigenvalue weighted by molar-refractivity contribution is 5.23. The summed E-state index contributed by atoms with van der Waals surface area (Å²) in [7, 11) is 0. The first-order valence-electron chi connectivity index (χ1n) is 8.08. The quantitative estimate of drug-likeness (QED) is 0.490. The lowest BCUT2D eigenvalue weighted by Crippen LogP contribution is -2.48. The van der Waals surface area contributed by atoms with E-state index in [2.05, 4.69) is 38.7 Å². The van der Waals surface area contributed by atoms with Gasteiger partial charge in [0.25, 0.3) is 0 Å². The van der Waals surface area contributed by atoms with Crippen molar-refractivity contribution in [3.05, 3.63) is 11.6 Å². The maximum atomic E-state index is 5.82. The van der Waals surface area contributed by atoms with Gasteiger partial charge in [-0.05, 0) is 49.6 Å². The summed E-state index contributed by atoms with van der Waals surface area (Å²) >= 11 is 0. The maximum absolute atomic E-state index is 5.82. The van der Waals surface area contributed by atoms with Crippen molar-refractivity contribution in [1.29, 1.82) is 0 Å². The Morgan fingerprint density at radius 2 is 2.00 bits per heavy atom. The molecule has 0 spiro atoms. The van der Waals surface area contributed by atoms with Crippen molar-refractivity contribution in [2.24, 2.45) is 17.3 Å². The summed E-state index contributed by atoms with van der Waals surface area (Å²) in [5.74, 6) is 1.79. The molecule has 2 unspecified atom stereocenters. The molecule has 0 aromatic rings. The van der Waals surface area contributed by atoms with Crippen LogP contribution in [0.3, 0.4) is 0 Å². The van der Waals surface area contributed by atoms with Crippen LogP contribution >= 0.6 is 0 Å². The molecule has 3 aliphatic carbocycles. The number of rotatable bonds is 8. The minimum absolute atomic E-state index is 0.561. The van der Waals surface area contributed by atoms with Crippen molar-refractivity contribution in [1.82, 2.24) is 4.90 Å². The van der Waals surface area contributed by atoms with Gasteiger partial charge in [0, 0.05) is 6.54 Å². The van der Waals surface area contributed by atoms with Gasteiger partial charge in [0.15, 0.2) is 0 Å². The number of hydrogen-bond donors (Lipinski definition) is 0. The molecule has 0 saturated heterocycles. The van der Waals surface area contributed by atoms with Gasteiger partial charge in [0.1, 0.15) is 0 Å². The van der Waals surface area contributed by atoms with E-state index < -0.39 is 0 Å². The minimum Gasteiger partial charge on any atom is -0.380 e. The molecule has 0 amide bonds. The van der Waals surface area contributed by atoms with Crippen LogP contribution in [0.5, 0.6) is 0 Å². The third-order valence-corrected chi connectivity index (χ3v) is 5.56. The van der Waals surface area contributed by atoms with Gasteiger partial charge in [0.05, 0.1) is 13.2 Å². The molecule has 3 aliphatic rings. The fourth-order valence-corrected chi connectivity index (χ4v) is 3.78. The van der Waals surface area contributed by atoms with Crippen LogP contribution in [0.4, 0.5) is 0 Å². The molecule has 0 radical (unpaired) electrons. The average molecular weight is 265 g/mol. The molecule has 2 nitrogen and oxygen atoms in total. The molecule has 1 fully saturated rings. The molecule has 1 saturated carbocycles. The number of hydrogen-bond acceptors (Lipinski definition) is 2. The second kappa shape index (κ2) is 6.41. The summed E-state index contributed by atoms with van der Waals surface area (Å²) < 4.78 is 5.82. The van der Waals surface area contributed by atoms with Crippen molar-refractivity contribution in [2.75, 3.05) is 32.8 Å². The first-order valence-corrected chi connectivity index (χ1v) is 8.08. The Kier molecular flexibility index (Phi) is 5.08. The summed E-state index contributed by atoms with van der Waals surface area (Å²) in [5.41, 5.74) is 2.24. The smallest absolute Gasteiger partial charge is 0.0593 e. The largest absolute Gasteiger partial charge is 0.380 e. The molecule has 0 N–H and O–H groups in total. The van der Waals surface area contributed by atoms with Gasteiger partial charge >= 0.3 is 0 Å². The molecule has 0 aliphatic heterocycles. The molecular formula is C17H31NO. The number of likely N-dealkylation sites (N-methyl/N-ethyl adjacent to an activating group) is 1. The van der Waals surface area contributed by atoms with Crippen LogP contribution in [-0.2, 0) is 4.74 Å². The Balaban J connectivity index is 1.63. The second-order valence-electron chi connectivity index (χ2n) is 6.71. The molecule has 0 aromatic carbocycles. The van der Waals surface area contributed by atoms with E-state index in [4.69, 9.17) is 4.74 Å². The highest BCUT2D eigenvalue weighted by Gasteiger charge is 2.50. The van der Waals surface area contributed by atoms with Crippen LogP contribution in [0.15, 0.2) is 11.6 Å². The summed E-state index contributed by atoms with van der Waals surface area (Å²) in [6.45, 7) is 14.4. The van der Waals surface area contributed by atoms with E-state index in [-0.39, 0.29) is 0 Å². The fraction of sp³-hybridized carbons (Fsp3) is 0.882. The standard InChI is InChI=1S/C17H31NO/c1-5-18(6-2)10-12-19-11-9-14-7-8-15-13-16(14)17(15,3)4/h7,15-16H,5-6,8-13H2,1-4H3. The first-order chi connectivity index (χ1) is 9.09. The van der Waals surface area contributed by atoms with Gasteiger partial charge in [-0.15, -0.1) is 0 Å². The van der Waals surface area contributed by atoms with E-state index >= 15 is 0 Å². The van der Waals surface area contributed by atoms with Crippen molar-refractivity contribution in [3.8, 4) is 0 Å². The molecule has 2 bridgehead atoms. The van der Waals surface area contributed by atoms with Gasteiger partial charge in [-0.3, -0.25) is 0 Å². The third kappa shape index (κ3) is 3.22. The summed E-state index contributed by atoms with van der Waals surface area (Å²) in [6, 6.07) is 0. The Hall–Kier alpha value is -0.340. The van der Waals surface area contributed by atoms with Gasteiger partial charge in [-0.25, -0.2) is 0 Å². The zero-order chi connectivity index (χ0) is 13.9. The summed E-state index contributed by atoms with van der Waals surface area (Å²) in [5, 5.41) is 0. The highest BCUT2D eigenvalue weighted by Crippen LogP contribution is 2.59. The monoisotopic (exact) mass is 265 g/mol. The second-order valence-corrected chi connectivity index (χ2v) is 6.71. The topological polar surface area (TPSA) is 12.5 Å².